The largest absolute Gasteiger partial charge is 0.115 e. The fourth-order valence-corrected chi connectivity index (χ4v) is 0.542. The second-order valence-electron chi connectivity index (χ2n) is 2.18. The van der Waals surface area contributed by atoms with Gasteiger partial charge in [0.05, 0.1) is 0 Å². The number of terminal acetylenes is 2. The van der Waals surface area contributed by atoms with Crippen LogP contribution in [0.25, 0.3) is 0 Å². The van der Waals surface area contributed by atoms with E-state index in [0.717, 1.165) is 17.6 Å². The van der Waals surface area contributed by atoms with E-state index in [4.69, 9.17) is 12.8 Å². The highest BCUT2D eigenvalue weighted by molar-refractivity contribution is 5.34. The monoisotopic (exact) mass is 144 g/mol. The molecule has 11 heavy (non-hydrogen) atoms. The topological polar surface area (TPSA) is 0 Å². The molecule has 0 saturated carbocycles. The van der Waals surface area contributed by atoms with Crippen LogP contribution < -0.4 is 0 Å². The summed E-state index contributed by atoms with van der Waals surface area (Å²) < 4.78 is 0. The van der Waals surface area contributed by atoms with Gasteiger partial charge >= 0.3 is 0 Å². The lowest BCUT2D eigenvalue weighted by atomic mass is 10.2. The van der Waals surface area contributed by atoms with E-state index in [1.54, 1.807) is 0 Å². The minimum absolute atomic E-state index is 0.880. The lowest BCUT2D eigenvalue weighted by Gasteiger charge is -1.89. The minimum atomic E-state index is 0.880. The molecule has 0 aromatic heterocycles. The molecule has 0 heteroatoms. The maximum Gasteiger partial charge on any atom is 0.00151 e. The SMILES string of the molecule is C#C/C(C)=C/C=C(/C#C)CC. The van der Waals surface area contributed by atoms with Gasteiger partial charge in [0.1, 0.15) is 0 Å². The third-order valence-electron chi connectivity index (χ3n) is 1.33. The molecular weight excluding hydrogens is 132 g/mol. The normalized spacial score (nSPS) is 12.0. The summed E-state index contributed by atoms with van der Waals surface area (Å²) in [5.74, 6) is 5.10. The van der Waals surface area contributed by atoms with Crippen molar-refractivity contribution < 1.29 is 0 Å². The van der Waals surface area contributed by atoms with E-state index in [-0.39, 0.29) is 0 Å². The van der Waals surface area contributed by atoms with Crippen LogP contribution in [0.1, 0.15) is 20.3 Å². The van der Waals surface area contributed by atoms with Crippen LogP contribution in [0.2, 0.25) is 0 Å². The maximum atomic E-state index is 5.21. The van der Waals surface area contributed by atoms with Crippen LogP contribution in [-0.4, -0.2) is 0 Å². The maximum absolute atomic E-state index is 5.21. The van der Waals surface area contributed by atoms with Crippen LogP contribution in [0.4, 0.5) is 0 Å². The molecule has 0 aliphatic heterocycles. The molecule has 0 aliphatic carbocycles. The van der Waals surface area contributed by atoms with Crippen molar-refractivity contribution in [2.45, 2.75) is 20.3 Å². The molecule has 0 heterocycles. The Labute approximate surface area is 69.0 Å². The Morgan fingerprint density at radius 3 is 2.27 bits per heavy atom. The molecule has 0 spiro atoms. The fourth-order valence-electron chi connectivity index (χ4n) is 0.542. The first-order chi connectivity index (χ1) is 5.24. The highest BCUT2D eigenvalue weighted by atomic mass is 13.9. The Kier molecular flexibility index (Phi) is 4.70. The van der Waals surface area contributed by atoms with Crippen molar-refractivity contribution in [3.05, 3.63) is 23.3 Å². The van der Waals surface area contributed by atoms with Crippen LogP contribution in [0, 0.1) is 24.7 Å². The Balaban J connectivity index is 4.36. The molecule has 0 aliphatic rings. The van der Waals surface area contributed by atoms with Gasteiger partial charge in [-0.05, 0) is 25.0 Å². The van der Waals surface area contributed by atoms with Crippen molar-refractivity contribution in [3.63, 3.8) is 0 Å². The van der Waals surface area contributed by atoms with Gasteiger partial charge in [-0.15, -0.1) is 12.8 Å². The first-order valence-electron chi connectivity index (χ1n) is 3.55. The summed E-state index contributed by atoms with van der Waals surface area (Å²) >= 11 is 0. The number of hydrogen-bond donors (Lipinski definition) is 0. The standard InChI is InChI=1S/C11H12/c1-5-10(4)8-9-11(6-2)7-3/h1-2,8-9H,7H2,3-4H3/b10-8+,11-9-. The van der Waals surface area contributed by atoms with E-state index in [9.17, 15) is 0 Å². The van der Waals surface area contributed by atoms with Gasteiger partial charge in [0.15, 0.2) is 0 Å². The van der Waals surface area contributed by atoms with Gasteiger partial charge in [-0.25, -0.2) is 0 Å². The predicted octanol–water partition coefficient (Wildman–Crippen LogP) is 2.54. The molecule has 0 aromatic carbocycles. The summed E-state index contributed by atoms with van der Waals surface area (Å²) in [6.07, 6.45) is 15.0. The molecule has 0 unspecified atom stereocenters. The van der Waals surface area contributed by atoms with Crippen LogP contribution in [0.5, 0.6) is 0 Å². The second kappa shape index (κ2) is 5.39. The molecule has 0 radical (unpaired) electrons. The number of rotatable bonds is 2. The highest BCUT2D eigenvalue weighted by Crippen LogP contribution is 1.99. The van der Waals surface area contributed by atoms with Crippen molar-refractivity contribution in [2.75, 3.05) is 0 Å². The van der Waals surface area contributed by atoms with E-state index in [0.29, 0.717) is 0 Å². The minimum Gasteiger partial charge on any atom is -0.115 e. The van der Waals surface area contributed by atoms with Gasteiger partial charge in [-0.3, -0.25) is 0 Å². The van der Waals surface area contributed by atoms with Gasteiger partial charge in [0.2, 0.25) is 0 Å². The van der Waals surface area contributed by atoms with Crippen molar-refractivity contribution in [2.24, 2.45) is 0 Å². The van der Waals surface area contributed by atoms with E-state index in [2.05, 4.69) is 11.8 Å². The third-order valence-corrected chi connectivity index (χ3v) is 1.33. The van der Waals surface area contributed by atoms with Crippen molar-refractivity contribution in [3.8, 4) is 24.7 Å². The summed E-state index contributed by atoms with van der Waals surface area (Å²) in [5, 5.41) is 0. The van der Waals surface area contributed by atoms with E-state index >= 15 is 0 Å². The van der Waals surface area contributed by atoms with E-state index in [1.165, 1.54) is 0 Å². The Morgan fingerprint density at radius 1 is 1.27 bits per heavy atom. The predicted molar refractivity (Wildman–Crippen MR) is 49.8 cm³/mol. The van der Waals surface area contributed by atoms with Gasteiger partial charge in [-0.2, -0.15) is 0 Å². The lowest BCUT2D eigenvalue weighted by Crippen LogP contribution is -1.73. The third kappa shape index (κ3) is 4.06. The number of hydrogen-bond acceptors (Lipinski definition) is 0. The molecule has 56 valence electrons. The van der Waals surface area contributed by atoms with Crippen molar-refractivity contribution in [1.29, 1.82) is 0 Å². The summed E-state index contributed by atoms with van der Waals surface area (Å²) in [4.78, 5) is 0. The van der Waals surface area contributed by atoms with Crippen LogP contribution in [0.3, 0.4) is 0 Å². The van der Waals surface area contributed by atoms with E-state index in [1.807, 2.05) is 26.0 Å². The van der Waals surface area contributed by atoms with Crippen LogP contribution >= 0.6 is 0 Å². The smallest absolute Gasteiger partial charge is 0.00151 e. The quantitative estimate of drug-likeness (QED) is 0.412. The summed E-state index contributed by atoms with van der Waals surface area (Å²) in [7, 11) is 0. The molecule has 0 atom stereocenters. The summed E-state index contributed by atoms with van der Waals surface area (Å²) in [6.45, 7) is 3.89. The number of allylic oxidation sites excluding steroid dienone is 4. The molecule has 0 fully saturated rings. The first kappa shape index (κ1) is 9.60. The zero-order chi connectivity index (χ0) is 8.69. The molecule has 0 nitrogen and oxygen atoms in total. The van der Waals surface area contributed by atoms with Crippen LogP contribution in [0.15, 0.2) is 23.3 Å². The Hall–Kier alpha value is -1.40. The van der Waals surface area contributed by atoms with Gasteiger partial charge < -0.3 is 0 Å². The van der Waals surface area contributed by atoms with E-state index < -0.39 is 0 Å². The molecule has 0 amide bonds. The molecule has 0 saturated heterocycles. The lowest BCUT2D eigenvalue weighted by molar-refractivity contribution is 1.17. The molecule has 0 aromatic rings. The first-order valence-corrected chi connectivity index (χ1v) is 3.55. The van der Waals surface area contributed by atoms with Crippen molar-refractivity contribution >= 4 is 0 Å². The molecule has 0 rings (SSSR count). The van der Waals surface area contributed by atoms with Gasteiger partial charge in [0.25, 0.3) is 0 Å². The molecular formula is C11H12. The zero-order valence-electron chi connectivity index (χ0n) is 7.02. The van der Waals surface area contributed by atoms with Crippen LogP contribution in [-0.2, 0) is 0 Å². The summed E-state index contributed by atoms with van der Waals surface area (Å²) in [5.41, 5.74) is 1.87. The second-order valence-corrected chi connectivity index (χ2v) is 2.18. The fraction of sp³-hybridized carbons (Fsp3) is 0.273. The zero-order valence-corrected chi connectivity index (χ0v) is 7.02. The highest BCUT2D eigenvalue weighted by Gasteiger charge is 1.83. The molecule has 0 bridgehead atoms. The average molecular weight is 144 g/mol. The summed E-state index contributed by atoms with van der Waals surface area (Å²) in [6, 6.07) is 0. The Morgan fingerprint density at radius 2 is 1.91 bits per heavy atom. The van der Waals surface area contributed by atoms with Crippen molar-refractivity contribution in [1.82, 2.24) is 0 Å². The van der Waals surface area contributed by atoms with Gasteiger partial charge in [0, 0.05) is 5.57 Å². The molecule has 0 N–H and O–H groups in total. The van der Waals surface area contributed by atoms with Gasteiger partial charge in [-0.1, -0.05) is 24.8 Å². The Bertz CT molecular complexity index is 251. The average Bonchev–Trinajstić information content (AvgIpc) is 2.06.